The summed E-state index contributed by atoms with van der Waals surface area (Å²) in [4.78, 5) is 17.1. The van der Waals surface area contributed by atoms with Crippen LogP contribution in [0.15, 0.2) is 9.90 Å². The first-order valence-corrected chi connectivity index (χ1v) is 4.70. The molecule has 0 atom stereocenters. The van der Waals surface area contributed by atoms with Crippen molar-refractivity contribution in [1.82, 2.24) is 15.1 Å². The number of thiazole rings is 1. The van der Waals surface area contributed by atoms with Crippen molar-refractivity contribution in [2.75, 3.05) is 0 Å². The Hall–Kier alpha value is -1.77. The van der Waals surface area contributed by atoms with Crippen molar-refractivity contribution in [3.8, 4) is 11.5 Å². The third-order valence-electron chi connectivity index (χ3n) is 1.52. The molecule has 84 valence electrons. The zero-order chi connectivity index (χ0) is 11.8. The minimum absolute atomic E-state index is 0.0753. The van der Waals surface area contributed by atoms with Gasteiger partial charge in [-0.25, -0.2) is 4.98 Å². The lowest BCUT2D eigenvalue weighted by molar-refractivity contribution is -0.159. The van der Waals surface area contributed by atoms with Gasteiger partial charge in [0, 0.05) is 5.38 Å². The second-order valence-electron chi connectivity index (χ2n) is 2.61. The number of hydrogen-bond donors (Lipinski definition) is 0. The SMILES string of the molecule is O=Cc1nc(-c2noc(C(F)(F)F)n2)cs1. The van der Waals surface area contributed by atoms with Gasteiger partial charge in [-0.2, -0.15) is 18.2 Å². The van der Waals surface area contributed by atoms with E-state index in [4.69, 9.17) is 0 Å². The van der Waals surface area contributed by atoms with Crippen molar-refractivity contribution in [2.24, 2.45) is 0 Å². The van der Waals surface area contributed by atoms with Crippen LogP contribution in [0.1, 0.15) is 15.7 Å². The fraction of sp³-hybridized carbons (Fsp3) is 0.143. The number of carbonyl (C=O) groups excluding carboxylic acids is 1. The topological polar surface area (TPSA) is 68.9 Å². The molecule has 0 aliphatic carbocycles. The standard InChI is InChI=1S/C7H2F3N3O2S/c8-7(9,10)6-12-5(13-15-6)3-2-16-4(1-14)11-3/h1-2H. The lowest BCUT2D eigenvalue weighted by atomic mass is 10.5. The van der Waals surface area contributed by atoms with Gasteiger partial charge in [-0.1, -0.05) is 5.16 Å². The molecule has 0 fully saturated rings. The number of carbonyl (C=O) groups is 1. The molecule has 0 amide bonds. The van der Waals surface area contributed by atoms with Crippen LogP contribution in [0.25, 0.3) is 11.5 Å². The smallest absolute Gasteiger partial charge is 0.329 e. The molecule has 0 N–H and O–H groups in total. The van der Waals surface area contributed by atoms with E-state index in [-0.39, 0.29) is 16.5 Å². The predicted molar refractivity (Wildman–Crippen MR) is 45.8 cm³/mol. The molecule has 9 heteroatoms. The van der Waals surface area contributed by atoms with E-state index in [1.165, 1.54) is 5.38 Å². The second-order valence-corrected chi connectivity index (χ2v) is 3.50. The first-order valence-electron chi connectivity index (χ1n) is 3.82. The molecule has 0 saturated carbocycles. The molecule has 0 aliphatic heterocycles. The Bertz CT molecular complexity index is 519. The molecule has 0 aliphatic rings. The maximum Gasteiger partial charge on any atom is 0.471 e. The van der Waals surface area contributed by atoms with E-state index in [1.54, 1.807) is 0 Å². The van der Waals surface area contributed by atoms with Crippen LogP contribution in [0.2, 0.25) is 0 Å². The number of halogens is 3. The van der Waals surface area contributed by atoms with Crippen molar-refractivity contribution < 1.29 is 22.5 Å². The Labute approximate surface area is 89.9 Å². The van der Waals surface area contributed by atoms with Crippen molar-refractivity contribution in [3.05, 3.63) is 16.3 Å². The van der Waals surface area contributed by atoms with Crippen LogP contribution >= 0.6 is 11.3 Å². The van der Waals surface area contributed by atoms with Gasteiger partial charge in [-0.3, -0.25) is 4.79 Å². The van der Waals surface area contributed by atoms with Crippen molar-refractivity contribution in [1.29, 1.82) is 0 Å². The highest BCUT2D eigenvalue weighted by Crippen LogP contribution is 2.29. The van der Waals surface area contributed by atoms with E-state index in [9.17, 15) is 18.0 Å². The number of rotatable bonds is 2. The highest BCUT2D eigenvalue weighted by molar-refractivity contribution is 7.11. The zero-order valence-corrected chi connectivity index (χ0v) is 8.17. The lowest BCUT2D eigenvalue weighted by Gasteiger charge is -1.95. The molecule has 0 bridgehead atoms. The molecular formula is C7H2F3N3O2S. The molecule has 5 nitrogen and oxygen atoms in total. The van der Waals surface area contributed by atoms with E-state index in [0.717, 1.165) is 11.3 Å². The maximum atomic E-state index is 12.1. The molecule has 2 aromatic heterocycles. The van der Waals surface area contributed by atoms with E-state index in [0.29, 0.717) is 6.29 Å². The van der Waals surface area contributed by atoms with Crippen LogP contribution in [0, 0.1) is 0 Å². The van der Waals surface area contributed by atoms with Crippen molar-refractivity contribution in [2.45, 2.75) is 6.18 Å². The van der Waals surface area contributed by atoms with Crippen molar-refractivity contribution >= 4 is 17.6 Å². The van der Waals surface area contributed by atoms with E-state index < -0.39 is 12.1 Å². The maximum absolute atomic E-state index is 12.1. The number of hydrogen-bond acceptors (Lipinski definition) is 6. The van der Waals surface area contributed by atoms with Gasteiger partial charge in [-0.15, -0.1) is 11.3 Å². The summed E-state index contributed by atoms with van der Waals surface area (Å²) in [7, 11) is 0. The molecule has 0 unspecified atom stereocenters. The minimum atomic E-state index is -4.69. The molecule has 2 rings (SSSR count). The molecule has 0 radical (unpaired) electrons. The van der Waals surface area contributed by atoms with Crippen LogP contribution in [0.4, 0.5) is 13.2 Å². The minimum Gasteiger partial charge on any atom is -0.329 e. The van der Waals surface area contributed by atoms with Crippen LogP contribution < -0.4 is 0 Å². The van der Waals surface area contributed by atoms with Gasteiger partial charge in [-0.05, 0) is 0 Å². The van der Waals surface area contributed by atoms with Crippen LogP contribution in [0.3, 0.4) is 0 Å². The zero-order valence-electron chi connectivity index (χ0n) is 7.35. The third-order valence-corrected chi connectivity index (χ3v) is 2.29. The van der Waals surface area contributed by atoms with Crippen LogP contribution in [-0.4, -0.2) is 21.4 Å². The highest BCUT2D eigenvalue weighted by Gasteiger charge is 2.38. The summed E-state index contributed by atoms with van der Waals surface area (Å²) < 4.78 is 40.4. The first-order chi connectivity index (χ1) is 7.50. The highest BCUT2D eigenvalue weighted by atomic mass is 32.1. The molecular weight excluding hydrogens is 247 g/mol. The Morgan fingerprint density at radius 3 is 2.62 bits per heavy atom. The first kappa shape index (κ1) is 10.7. The van der Waals surface area contributed by atoms with Gasteiger partial charge < -0.3 is 4.52 Å². The van der Waals surface area contributed by atoms with E-state index in [2.05, 4.69) is 19.6 Å². The number of nitrogens with zero attached hydrogens (tertiary/aromatic N) is 3. The molecule has 0 spiro atoms. The summed E-state index contributed by atoms with van der Waals surface area (Å²) in [6.07, 6.45) is -4.20. The summed E-state index contributed by atoms with van der Waals surface area (Å²) in [6, 6.07) is 0. The summed E-state index contributed by atoms with van der Waals surface area (Å²) in [5.74, 6) is -1.74. The Morgan fingerprint density at radius 1 is 1.38 bits per heavy atom. The Balaban J connectivity index is 2.35. The van der Waals surface area contributed by atoms with Gasteiger partial charge in [0.1, 0.15) is 5.69 Å². The monoisotopic (exact) mass is 249 g/mol. The fourth-order valence-corrected chi connectivity index (χ4v) is 1.48. The predicted octanol–water partition coefficient (Wildman–Crippen LogP) is 2.02. The van der Waals surface area contributed by atoms with E-state index in [1.807, 2.05) is 0 Å². The summed E-state index contributed by atoms with van der Waals surface area (Å²) >= 11 is 0.979. The average molecular weight is 249 g/mol. The van der Waals surface area contributed by atoms with Crippen molar-refractivity contribution in [3.63, 3.8) is 0 Å². The number of aldehydes is 1. The fourth-order valence-electron chi connectivity index (χ4n) is 0.887. The number of aromatic nitrogens is 3. The second kappa shape index (κ2) is 3.67. The largest absolute Gasteiger partial charge is 0.471 e. The summed E-state index contributed by atoms with van der Waals surface area (Å²) in [5, 5.41) is 4.63. The lowest BCUT2D eigenvalue weighted by Crippen LogP contribution is -2.04. The molecule has 16 heavy (non-hydrogen) atoms. The number of alkyl halides is 3. The van der Waals surface area contributed by atoms with Crippen LogP contribution in [0.5, 0.6) is 0 Å². The summed E-state index contributed by atoms with van der Waals surface area (Å²) in [6.45, 7) is 0. The van der Waals surface area contributed by atoms with Gasteiger partial charge in [0.15, 0.2) is 11.3 Å². The molecule has 0 aromatic carbocycles. The Kier molecular flexibility index (Phi) is 2.46. The molecule has 0 saturated heterocycles. The van der Waals surface area contributed by atoms with Gasteiger partial charge in [0.05, 0.1) is 0 Å². The molecule has 2 aromatic rings. The normalized spacial score (nSPS) is 11.7. The van der Waals surface area contributed by atoms with Gasteiger partial charge in [0.2, 0.25) is 5.82 Å². The molecule has 2 heterocycles. The quantitative estimate of drug-likeness (QED) is 0.761. The van der Waals surface area contributed by atoms with Gasteiger partial charge >= 0.3 is 12.1 Å². The summed E-state index contributed by atoms with van der Waals surface area (Å²) in [5.41, 5.74) is 0.0753. The average Bonchev–Trinajstić information content (AvgIpc) is 2.85. The van der Waals surface area contributed by atoms with Crippen LogP contribution in [-0.2, 0) is 6.18 Å². The van der Waals surface area contributed by atoms with Gasteiger partial charge in [0.25, 0.3) is 0 Å². The van der Waals surface area contributed by atoms with E-state index >= 15 is 0 Å². The Morgan fingerprint density at radius 2 is 2.12 bits per heavy atom. The third kappa shape index (κ3) is 1.94.